The summed E-state index contributed by atoms with van der Waals surface area (Å²) in [6.07, 6.45) is 3.85. The first-order valence-corrected chi connectivity index (χ1v) is 4.99. The zero-order valence-corrected chi connectivity index (χ0v) is 8.77. The summed E-state index contributed by atoms with van der Waals surface area (Å²) in [4.78, 5) is 4.02. The number of nitrogens with two attached hydrogens (primary N) is 1. The number of aryl methyl sites for hydroxylation is 1. The molecule has 3 nitrogen and oxygen atoms in total. The third-order valence-electron chi connectivity index (χ3n) is 2.67. The van der Waals surface area contributed by atoms with Gasteiger partial charge in [0.2, 0.25) is 0 Å². The van der Waals surface area contributed by atoms with Gasteiger partial charge in [0.25, 0.3) is 0 Å². The molecule has 78 valence electrons. The van der Waals surface area contributed by atoms with E-state index in [1.54, 1.807) is 12.4 Å². The molecule has 0 fully saturated rings. The van der Waals surface area contributed by atoms with Crippen LogP contribution in [0, 0.1) is 12.8 Å². The molecule has 0 bridgehead atoms. The molecular formula is C11H18N2O. The fourth-order valence-electron chi connectivity index (χ4n) is 1.56. The number of aliphatic hydroxyl groups excluding tert-OH is 1. The molecule has 1 rings (SSSR count). The molecule has 0 saturated heterocycles. The highest BCUT2D eigenvalue weighted by atomic mass is 16.3. The second-order valence-electron chi connectivity index (χ2n) is 3.58. The van der Waals surface area contributed by atoms with E-state index in [1.807, 2.05) is 19.9 Å². The van der Waals surface area contributed by atoms with E-state index in [2.05, 4.69) is 4.98 Å². The van der Waals surface area contributed by atoms with Gasteiger partial charge in [-0.2, -0.15) is 0 Å². The Kier molecular flexibility index (Phi) is 4.04. The normalized spacial score (nSPS) is 15.1. The lowest BCUT2D eigenvalue weighted by Crippen LogP contribution is -2.21. The second kappa shape index (κ2) is 5.08. The Balaban J connectivity index is 2.88. The molecule has 0 amide bonds. The highest BCUT2D eigenvalue weighted by Gasteiger charge is 2.19. The molecular weight excluding hydrogens is 176 g/mol. The lowest BCUT2D eigenvalue weighted by Gasteiger charge is -2.21. The number of aliphatic hydroxyl groups is 1. The number of aromatic nitrogens is 1. The van der Waals surface area contributed by atoms with Crippen LogP contribution in [0.4, 0.5) is 0 Å². The molecule has 2 unspecified atom stereocenters. The maximum atomic E-state index is 10.0. The molecule has 0 aliphatic rings. The van der Waals surface area contributed by atoms with Gasteiger partial charge in [0.05, 0.1) is 6.10 Å². The van der Waals surface area contributed by atoms with Crippen LogP contribution in [0.3, 0.4) is 0 Å². The monoisotopic (exact) mass is 194 g/mol. The zero-order chi connectivity index (χ0) is 10.6. The maximum absolute atomic E-state index is 10.0. The van der Waals surface area contributed by atoms with Crippen molar-refractivity contribution in [3.63, 3.8) is 0 Å². The van der Waals surface area contributed by atoms with Crippen LogP contribution in [-0.2, 0) is 0 Å². The van der Waals surface area contributed by atoms with Crippen molar-refractivity contribution in [2.45, 2.75) is 26.4 Å². The quantitative estimate of drug-likeness (QED) is 0.762. The smallest absolute Gasteiger partial charge is 0.0847 e. The maximum Gasteiger partial charge on any atom is 0.0847 e. The van der Waals surface area contributed by atoms with Crippen LogP contribution in [0.1, 0.15) is 30.6 Å². The van der Waals surface area contributed by atoms with E-state index in [0.29, 0.717) is 6.54 Å². The topological polar surface area (TPSA) is 59.1 Å². The third kappa shape index (κ3) is 2.30. The molecule has 3 N–H and O–H groups in total. The van der Waals surface area contributed by atoms with E-state index >= 15 is 0 Å². The molecule has 0 spiro atoms. The molecule has 3 heteroatoms. The fourth-order valence-corrected chi connectivity index (χ4v) is 1.56. The van der Waals surface area contributed by atoms with Gasteiger partial charge in [-0.25, -0.2) is 0 Å². The summed E-state index contributed by atoms with van der Waals surface area (Å²) in [6, 6.07) is 1.90. The Morgan fingerprint density at radius 2 is 2.29 bits per heavy atom. The lowest BCUT2D eigenvalue weighted by atomic mass is 9.92. The van der Waals surface area contributed by atoms with Gasteiger partial charge in [-0.3, -0.25) is 4.98 Å². The van der Waals surface area contributed by atoms with E-state index in [4.69, 9.17) is 5.73 Å². The highest BCUT2D eigenvalue weighted by molar-refractivity contribution is 5.24. The van der Waals surface area contributed by atoms with E-state index in [-0.39, 0.29) is 5.92 Å². The predicted molar refractivity (Wildman–Crippen MR) is 56.8 cm³/mol. The Hall–Kier alpha value is -0.930. The van der Waals surface area contributed by atoms with Crippen molar-refractivity contribution in [2.24, 2.45) is 11.7 Å². The Bertz CT molecular complexity index is 284. The van der Waals surface area contributed by atoms with E-state index in [1.165, 1.54) is 0 Å². The zero-order valence-electron chi connectivity index (χ0n) is 8.77. The molecule has 1 heterocycles. The average molecular weight is 194 g/mol. The molecule has 0 aliphatic carbocycles. The Morgan fingerprint density at radius 1 is 1.57 bits per heavy atom. The largest absolute Gasteiger partial charge is 0.388 e. The van der Waals surface area contributed by atoms with Gasteiger partial charge >= 0.3 is 0 Å². The van der Waals surface area contributed by atoms with Gasteiger partial charge in [0.1, 0.15) is 0 Å². The molecule has 2 atom stereocenters. The van der Waals surface area contributed by atoms with Gasteiger partial charge in [-0.1, -0.05) is 6.92 Å². The van der Waals surface area contributed by atoms with Crippen molar-refractivity contribution >= 4 is 0 Å². The highest BCUT2D eigenvalue weighted by Crippen LogP contribution is 2.25. The Morgan fingerprint density at radius 3 is 2.79 bits per heavy atom. The predicted octanol–water partition coefficient (Wildman–Crippen LogP) is 1.41. The summed E-state index contributed by atoms with van der Waals surface area (Å²) in [7, 11) is 0. The standard InChI is InChI=1S/C11H18N2O/c1-3-9(6-12)11(14)10-7-13-5-4-8(10)2/h4-5,7,9,11,14H,3,6,12H2,1-2H3. The van der Waals surface area contributed by atoms with Crippen molar-refractivity contribution in [1.29, 1.82) is 0 Å². The lowest BCUT2D eigenvalue weighted by molar-refractivity contribution is 0.109. The van der Waals surface area contributed by atoms with Crippen LogP contribution in [0.2, 0.25) is 0 Å². The van der Waals surface area contributed by atoms with E-state index < -0.39 is 6.10 Å². The first kappa shape index (κ1) is 11.1. The summed E-state index contributed by atoms with van der Waals surface area (Å²) in [5.41, 5.74) is 7.55. The van der Waals surface area contributed by atoms with Crippen LogP contribution in [0.5, 0.6) is 0 Å². The minimum absolute atomic E-state index is 0.123. The van der Waals surface area contributed by atoms with Crippen LogP contribution >= 0.6 is 0 Å². The van der Waals surface area contributed by atoms with Crippen LogP contribution < -0.4 is 5.73 Å². The van der Waals surface area contributed by atoms with Gasteiger partial charge in [-0.15, -0.1) is 0 Å². The molecule has 0 aliphatic heterocycles. The van der Waals surface area contributed by atoms with Crippen molar-refractivity contribution in [3.05, 3.63) is 29.6 Å². The summed E-state index contributed by atoms with van der Waals surface area (Å²) in [5.74, 6) is 0.123. The molecule has 1 aromatic rings. The molecule has 0 radical (unpaired) electrons. The van der Waals surface area contributed by atoms with Crippen molar-refractivity contribution in [3.8, 4) is 0 Å². The van der Waals surface area contributed by atoms with Gasteiger partial charge in [-0.05, 0) is 31.5 Å². The summed E-state index contributed by atoms with van der Waals surface area (Å²) in [5, 5.41) is 10.0. The van der Waals surface area contributed by atoms with Crippen LogP contribution in [0.15, 0.2) is 18.5 Å². The molecule has 0 saturated carbocycles. The summed E-state index contributed by atoms with van der Waals surface area (Å²) in [6.45, 7) is 4.52. The van der Waals surface area contributed by atoms with Gasteiger partial charge in [0, 0.05) is 23.9 Å². The number of hydrogen-bond acceptors (Lipinski definition) is 3. The van der Waals surface area contributed by atoms with E-state index in [0.717, 1.165) is 17.5 Å². The molecule has 0 aromatic carbocycles. The van der Waals surface area contributed by atoms with Gasteiger partial charge < -0.3 is 10.8 Å². The number of nitrogens with zero attached hydrogens (tertiary/aromatic N) is 1. The SMILES string of the molecule is CCC(CN)C(O)c1cnccc1C. The number of pyridine rings is 1. The minimum atomic E-state index is -0.487. The van der Waals surface area contributed by atoms with Crippen LogP contribution in [-0.4, -0.2) is 16.6 Å². The van der Waals surface area contributed by atoms with Crippen LogP contribution in [0.25, 0.3) is 0 Å². The fraction of sp³-hybridized carbons (Fsp3) is 0.545. The van der Waals surface area contributed by atoms with Crippen molar-refractivity contribution in [1.82, 2.24) is 4.98 Å². The molecule has 1 aromatic heterocycles. The summed E-state index contributed by atoms with van der Waals surface area (Å²) < 4.78 is 0. The minimum Gasteiger partial charge on any atom is -0.388 e. The van der Waals surface area contributed by atoms with Gasteiger partial charge in [0.15, 0.2) is 0 Å². The van der Waals surface area contributed by atoms with Crippen molar-refractivity contribution in [2.75, 3.05) is 6.54 Å². The van der Waals surface area contributed by atoms with E-state index in [9.17, 15) is 5.11 Å². The first-order valence-electron chi connectivity index (χ1n) is 4.99. The average Bonchev–Trinajstić information content (AvgIpc) is 2.20. The third-order valence-corrected chi connectivity index (χ3v) is 2.67. The number of hydrogen-bond donors (Lipinski definition) is 2. The second-order valence-corrected chi connectivity index (χ2v) is 3.58. The first-order chi connectivity index (χ1) is 6.70. The Labute approximate surface area is 85.0 Å². The summed E-state index contributed by atoms with van der Waals surface area (Å²) >= 11 is 0. The number of rotatable bonds is 4. The molecule has 14 heavy (non-hydrogen) atoms. The van der Waals surface area contributed by atoms with Crippen molar-refractivity contribution < 1.29 is 5.11 Å².